The highest BCUT2D eigenvalue weighted by atomic mass is 16.3. The zero-order valence-electron chi connectivity index (χ0n) is 33.7. The van der Waals surface area contributed by atoms with E-state index in [9.17, 15) is 24.9 Å². The third-order valence-corrected chi connectivity index (χ3v) is 10.6. The second-order valence-electron chi connectivity index (χ2n) is 15.6. The molecule has 4 unspecified atom stereocenters. The molecule has 0 bridgehead atoms. The highest BCUT2D eigenvalue weighted by molar-refractivity contribution is 5.79. The first-order chi connectivity index (χ1) is 24.2. The van der Waals surface area contributed by atoms with Gasteiger partial charge in [-0.1, -0.05) is 194 Å². The molecule has 0 aromatic heterocycles. The first-order valence-corrected chi connectivity index (χ1v) is 21.8. The molecule has 0 aliphatic carbocycles. The lowest BCUT2D eigenvalue weighted by Crippen LogP contribution is -2.45. The zero-order valence-corrected chi connectivity index (χ0v) is 33.7. The van der Waals surface area contributed by atoms with Crippen molar-refractivity contribution in [3.8, 4) is 0 Å². The maximum Gasteiger partial charge on any atom is 0.225 e. The summed E-state index contributed by atoms with van der Waals surface area (Å²) in [5.41, 5.74) is 0. The predicted molar refractivity (Wildman–Crippen MR) is 212 cm³/mol. The van der Waals surface area contributed by atoms with Crippen LogP contribution in [0.5, 0.6) is 0 Å². The zero-order chi connectivity index (χ0) is 37.1. The Labute approximate surface area is 310 Å². The van der Waals surface area contributed by atoms with Crippen LogP contribution in [0.1, 0.15) is 220 Å². The van der Waals surface area contributed by atoms with Crippen molar-refractivity contribution in [3.05, 3.63) is 0 Å². The standard InChI is InChI=1S/C43H86N2O5/c1-5-7-9-11-13-15-17-19-21-23-25-27-29-31-33-40(37(3)46)42(49)44-35-39(48)36-45-43(50)41(38(4)47)34-32-30-28-26-24-22-20-18-16-14-12-10-8-6-2/h37-41,46-48H,5-36H2,1-4H3,(H,44,49)(H,45,50). The van der Waals surface area contributed by atoms with Crippen LogP contribution in [0, 0.1) is 11.8 Å². The van der Waals surface area contributed by atoms with Gasteiger partial charge in [0.1, 0.15) is 0 Å². The number of nitrogens with one attached hydrogen (secondary N) is 2. The summed E-state index contributed by atoms with van der Waals surface area (Å²) in [6.45, 7) is 7.85. The fraction of sp³-hybridized carbons (Fsp3) is 0.953. The van der Waals surface area contributed by atoms with Crippen molar-refractivity contribution >= 4 is 11.8 Å². The lowest BCUT2D eigenvalue weighted by atomic mass is 9.94. The van der Waals surface area contributed by atoms with Gasteiger partial charge in [0.05, 0.1) is 30.1 Å². The Morgan fingerprint density at radius 2 is 0.620 bits per heavy atom. The van der Waals surface area contributed by atoms with Crippen LogP contribution in [0.4, 0.5) is 0 Å². The first-order valence-electron chi connectivity index (χ1n) is 21.8. The molecule has 0 fully saturated rings. The quantitative estimate of drug-likeness (QED) is 0.0409. The van der Waals surface area contributed by atoms with Gasteiger partial charge in [-0.05, 0) is 26.7 Å². The van der Waals surface area contributed by atoms with Crippen molar-refractivity contribution in [1.82, 2.24) is 10.6 Å². The molecular formula is C43H86N2O5. The Balaban J connectivity index is 4.02. The van der Waals surface area contributed by atoms with Crippen molar-refractivity contribution in [3.63, 3.8) is 0 Å². The van der Waals surface area contributed by atoms with Gasteiger partial charge in [-0.3, -0.25) is 9.59 Å². The molecular weight excluding hydrogens is 624 g/mol. The number of amides is 2. The van der Waals surface area contributed by atoms with Crippen molar-refractivity contribution in [2.75, 3.05) is 13.1 Å². The van der Waals surface area contributed by atoms with E-state index < -0.39 is 30.1 Å². The SMILES string of the molecule is CCCCCCCCCCCCCCCCC(C(=O)NCC(O)CNC(=O)C(CCCCCCCCCCCCCCCC)C(C)O)C(C)O. The third kappa shape index (κ3) is 30.4. The minimum absolute atomic E-state index is 0.0133. The summed E-state index contributed by atoms with van der Waals surface area (Å²) in [7, 11) is 0. The van der Waals surface area contributed by atoms with E-state index >= 15 is 0 Å². The van der Waals surface area contributed by atoms with Gasteiger partial charge in [0, 0.05) is 13.1 Å². The lowest BCUT2D eigenvalue weighted by Gasteiger charge is -2.22. The molecule has 2 amide bonds. The summed E-state index contributed by atoms with van der Waals surface area (Å²) in [5.74, 6) is -1.50. The summed E-state index contributed by atoms with van der Waals surface area (Å²) < 4.78 is 0. The second kappa shape index (κ2) is 36.2. The van der Waals surface area contributed by atoms with E-state index in [1.807, 2.05) is 0 Å². The largest absolute Gasteiger partial charge is 0.393 e. The van der Waals surface area contributed by atoms with Crippen molar-refractivity contribution in [1.29, 1.82) is 0 Å². The van der Waals surface area contributed by atoms with Gasteiger partial charge in [0.25, 0.3) is 0 Å². The number of unbranched alkanes of at least 4 members (excludes halogenated alkanes) is 26. The van der Waals surface area contributed by atoms with Crippen LogP contribution in [0.3, 0.4) is 0 Å². The van der Waals surface area contributed by atoms with Gasteiger partial charge in [-0.15, -0.1) is 0 Å². The fourth-order valence-corrected chi connectivity index (χ4v) is 7.07. The van der Waals surface area contributed by atoms with Crippen LogP contribution in [-0.4, -0.2) is 58.5 Å². The number of hydrogen-bond acceptors (Lipinski definition) is 5. The highest BCUT2D eigenvalue weighted by Crippen LogP contribution is 2.19. The van der Waals surface area contributed by atoms with Crippen LogP contribution >= 0.6 is 0 Å². The normalized spacial score (nSPS) is 14.6. The smallest absolute Gasteiger partial charge is 0.225 e. The van der Waals surface area contributed by atoms with E-state index in [0.717, 1.165) is 38.5 Å². The summed E-state index contributed by atoms with van der Waals surface area (Å²) in [5, 5.41) is 36.5. The van der Waals surface area contributed by atoms with Crippen LogP contribution in [0.25, 0.3) is 0 Å². The number of carbonyl (C=O) groups excluding carboxylic acids is 2. The molecule has 50 heavy (non-hydrogen) atoms. The van der Waals surface area contributed by atoms with E-state index in [1.54, 1.807) is 13.8 Å². The third-order valence-electron chi connectivity index (χ3n) is 10.6. The number of carbonyl (C=O) groups is 2. The molecule has 0 radical (unpaired) electrons. The summed E-state index contributed by atoms with van der Waals surface area (Å²) in [6, 6.07) is 0. The fourth-order valence-electron chi connectivity index (χ4n) is 7.07. The Morgan fingerprint density at radius 1 is 0.400 bits per heavy atom. The average molecular weight is 711 g/mol. The minimum atomic E-state index is -0.936. The van der Waals surface area contributed by atoms with Gasteiger partial charge < -0.3 is 26.0 Å². The molecule has 5 N–H and O–H groups in total. The van der Waals surface area contributed by atoms with Crippen LogP contribution in [0.15, 0.2) is 0 Å². The molecule has 0 saturated carbocycles. The number of aliphatic hydroxyl groups is 3. The van der Waals surface area contributed by atoms with Crippen molar-refractivity contribution in [2.45, 2.75) is 239 Å². The molecule has 4 atom stereocenters. The molecule has 0 spiro atoms. The Bertz CT molecular complexity index is 687. The van der Waals surface area contributed by atoms with Gasteiger partial charge in [-0.25, -0.2) is 0 Å². The maximum absolute atomic E-state index is 12.8. The monoisotopic (exact) mass is 711 g/mol. The van der Waals surface area contributed by atoms with Crippen molar-refractivity contribution in [2.24, 2.45) is 11.8 Å². The highest BCUT2D eigenvalue weighted by Gasteiger charge is 2.25. The summed E-state index contributed by atoms with van der Waals surface area (Å²) >= 11 is 0. The van der Waals surface area contributed by atoms with E-state index in [1.165, 1.54) is 141 Å². The Hall–Kier alpha value is -1.18. The number of rotatable bonds is 38. The molecule has 0 rings (SSSR count). The minimum Gasteiger partial charge on any atom is -0.393 e. The molecule has 7 heteroatoms. The molecule has 0 heterocycles. The summed E-state index contributed by atoms with van der Waals surface area (Å²) in [4.78, 5) is 25.6. The van der Waals surface area contributed by atoms with E-state index in [0.29, 0.717) is 12.8 Å². The molecule has 0 saturated heterocycles. The topological polar surface area (TPSA) is 119 Å². The Morgan fingerprint density at radius 3 is 0.840 bits per heavy atom. The van der Waals surface area contributed by atoms with Gasteiger partial charge >= 0.3 is 0 Å². The predicted octanol–water partition coefficient (Wildman–Crippen LogP) is 10.3. The van der Waals surface area contributed by atoms with Gasteiger partial charge in [0.2, 0.25) is 11.8 Å². The summed E-state index contributed by atoms with van der Waals surface area (Å²) in [6.07, 6.45) is 34.6. The van der Waals surface area contributed by atoms with Crippen LogP contribution in [-0.2, 0) is 9.59 Å². The molecule has 298 valence electrons. The Kier molecular flexibility index (Phi) is 35.3. The molecule has 0 aromatic carbocycles. The number of hydrogen-bond donors (Lipinski definition) is 5. The first kappa shape index (κ1) is 48.8. The molecule has 7 nitrogen and oxygen atoms in total. The average Bonchev–Trinajstić information content (AvgIpc) is 3.09. The van der Waals surface area contributed by atoms with Crippen molar-refractivity contribution < 1.29 is 24.9 Å². The molecule has 0 aromatic rings. The lowest BCUT2D eigenvalue weighted by molar-refractivity contribution is -0.129. The van der Waals surface area contributed by atoms with Gasteiger partial charge in [0.15, 0.2) is 0 Å². The van der Waals surface area contributed by atoms with Crippen LogP contribution < -0.4 is 10.6 Å². The van der Waals surface area contributed by atoms with Crippen LogP contribution in [0.2, 0.25) is 0 Å². The van der Waals surface area contributed by atoms with E-state index in [-0.39, 0.29) is 24.9 Å². The number of aliphatic hydroxyl groups excluding tert-OH is 3. The van der Waals surface area contributed by atoms with E-state index in [4.69, 9.17) is 0 Å². The maximum atomic E-state index is 12.8. The van der Waals surface area contributed by atoms with Gasteiger partial charge in [-0.2, -0.15) is 0 Å². The molecule has 0 aliphatic heterocycles. The van der Waals surface area contributed by atoms with E-state index in [2.05, 4.69) is 24.5 Å². The molecule has 0 aliphatic rings. The second-order valence-corrected chi connectivity index (χ2v) is 15.6.